The molecule has 0 unspecified atom stereocenters. The maximum atomic E-state index is 12.1. The van der Waals surface area contributed by atoms with E-state index in [1.807, 2.05) is 0 Å². The van der Waals surface area contributed by atoms with Crippen molar-refractivity contribution in [3.63, 3.8) is 0 Å². The summed E-state index contributed by atoms with van der Waals surface area (Å²) in [5, 5.41) is 11.9. The monoisotopic (exact) mass is 231 g/mol. The van der Waals surface area contributed by atoms with Crippen molar-refractivity contribution in [1.29, 1.82) is 0 Å². The summed E-state index contributed by atoms with van der Waals surface area (Å²) in [6.07, 6.45) is 0.0877. The largest absolute Gasteiger partial charge is 0.623 e. The average Bonchev–Trinajstić information content (AvgIpc) is 2.49. The molecule has 0 bridgehead atoms. The second-order valence-electron chi connectivity index (χ2n) is 4.75. The highest BCUT2D eigenvalue weighted by molar-refractivity contribution is 6.68. The molecule has 0 aliphatic carbocycles. The maximum Gasteiger partial charge on any atom is 0.303 e. The van der Waals surface area contributed by atoms with Gasteiger partial charge in [-0.25, -0.2) is 0 Å². The maximum absolute atomic E-state index is 12.1. The molecule has 1 aromatic carbocycles. The van der Waals surface area contributed by atoms with Gasteiger partial charge in [-0.15, -0.1) is 0 Å². The van der Waals surface area contributed by atoms with Crippen molar-refractivity contribution < 1.29 is 14.3 Å². The molecule has 0 N–H and O–H groups in total. The van der Waals surface area contributed by atoms with E-state index in [0.29, 0.717) is 10.3 Å². The Kier molecular flexibility index (Phi) is 2.58. The van der Waals surface area contributed by atoms with Gasteiger partial charge in [-0.3, -0.25) is 9.59 Å². The van der Waals surface area contributed by atoms with E-state index in [1.54, 1.807) is 44.2 Å². The van der Waals surface area contributed by atoms with Gasteiger partial charge < -0.3 is 5.21 Å². The number of carbonyl (C=O) groups excluding carboxylic acids is 2. The Morgan fingerprint density at radius 3 is 2.35 bits per heavy atom. The fourth-order valence-corrected chi connectivity index (χ4v) is 1.91. The molecule has 0 aromatic heterocycles. The lowest BCUT2D eigenvalue weighted by molar-refractivity contribution is -0.529. The number of carbonyl (C=O) groups is 2. The minimum atomic E-state index is -0.823. The molecule has 0 saturated carbocycles. The topological polar surface area (TPSA) is 60.2 Å². The average molecular weight is 231 g/mol. The van der Waals surface area contributed by atoms with E-state index in [4.69, 9.17) is 0 Å². The van der Waals surface area contributed by atoms with Crippen molar-refractivity contribution in [3.8, 4) is 0 Å². The second kappa shape index (κ2) is 3.80. The van der Waals surface area contributed by atoms with E-state index in [2.05, 4.69) is 0 Å². The second-order valence-corrected chi connectivity index (χ2v) is 4.75. The molecule has 0 fully saturated rings. The van der Waals surface area contributed by atoms with Gasteiger partial charge in [-0.2, -0.15) is 4.74 Å². The summed E-state index contributed by atoms with van der Waals surface area (Å²) in [5.41, 5.74) is -0.702. The summed E-state index contributed by atoms with van der Waals surface area (Å²) >= 11 is 0. The minimum absolute atomic E-state index is 0.0877. The first kappa shape index (κ1) is 11.5. The van der Waals surface area contributed by atoms with Crippen LogP contribution >= 0.6 is 0 Å². The van der Waals surface area contributed by atoms with Crippen LogP contribution in [-0.2, 0) is 4.79 Å². The van der Waals surface area contributed by atoms with E-state index in [9.17, 15) is 14.8 Å². The van der Waals surface area contributed by atoms with Crippen molar-refractivity contribution >= 4 is 17.3 Å². The standard InChI is InChI=1S/C13H13NO3/c1-13(2)8-10(15)11(14(13)17)12(16)9-6-4-3-5-7-9/h3-7H,8H2,1-2H3. The molecule has 2 rings (SSSR count). The number of ketones is 2. The molecular formula is C13H13NO3. The van der Waals surface area contributed by atoms with E-state index in [1.165, 1.54) is 0 Å². The van der Waals surface area contributed by atoms with Gasteiger partial charge in [0.05, 0.1) is 6.42 Å². The molecule has 0 atom stereocenters. The van der Waals surface area contributed by atoms with E-state index >= 15 is 0 Å². The van der Waals surface area contributed by atoms with Crippen LogP contribution in [0.2, 0.25) is 0 Å². The van der Waals surface area contributed by atoms with Crippen molar-refractivity contribution in [2.45, 2.75) is 25.8 Å². The van der Waals surface area contributed by atoms with E-state index in [0.717, 1.165) is 0 Å². The predicted molar refractivity (Wildman–Crippen MR) is 63.1 cm³/mol. The van der Waals surface area contributed by atoms with Crippen LogP contribution in [0.4, 0.5) is 0 Å². The molecule has 17 heavy (non-hydrogen) atoms. The smallest absolute Gasteiger partial charge is 0.303 e. The third-order valence-electron chi connectivity index (χ3n) is 2.86. The molecule has 1 heterocycles. The zero-order valence-electron chi connectivity index (χ0n) is 9.77. The molecule has 0 amide bonds. The molecule has 88 valence electrons. The van der Waals surface area contributed by atoms with Gasteiger partial charge in [0.2, 0.25) is 5.78 Å². The number of hydrogen-bond acceptors (Lipinski definition) is 3. The minimum Gasteiger partial charge on any atom is -0.623 e. The van der Waals surface area contributed by atoms with Crippen LogP contribution in [0.15, 0.2) is 30.3 Å². The first-order valence-electron chi connectivity index (χ1n) is 5.41. The number of hydrogen-bond donors (Lipinski definition) is 0. The van der Waals surface area contributed by atoms with Gasteiger partial charge in [0.15, 0.2) is 5.54 Å². The van der Waals surface area contributed by atoms with E-state index < -0.39 is 11.3 Å². The summed E-state index contributed by atoms with van der Waals surface area (Å²) < 4.78 is 0.546. The van der Waals surface area contributed by atoms with Crippen LogP contribution in [0.1, 0.15) is 30.6 Å². The third kappa shape index (κ3) is 1.86. The molecular weight excluding hydrogens is 218 g/mol. The van der Waals surface area contributed by atoms with Gasteiger partial charge in [0.1, 0.15) is 0 Å². The number of nitrogens with zero attached hydrogens (tertiary/aromatic N) is 1. The highest BCUT2D eigenvalue weighted by Crippen LogP contribution is 2.22. The Bertz CT molecular complexity index is 515. The first-order chi connectivity index (χ1) is 7.93. The van der Waals surface area contributed by atoms with Crippen molar-refractivity contribution in [2.75, 3.05) is 0 Å². The molecule has 4 nitrogen and oxygen atoms in total. The zero-order chi connectivity index (χ0) is 12.6. The third-order valence-corrected chi connectivity index (χ3v) is 2.86. The van der Waals surface area contributed by atoms with Crippen LogP contribution in [-0.4, -0.2) is 27.6 Å². The summed E-state index contributed by atoms with van der Waals surface area (Å²) in [6, 6.07) is 8.38. The molecule has 4 heteroatoms. The molecule has 0 saturated heterocycles. The van der Waals surface area contributed by atoms with Crippen LogP contribution in [0.25, 0.3) is 0 Å². The van der Waals surface area contributed by atoms with Crippen LogP contribution in [0.5, 0.6) is 0 Å². The van der Waals surface area contributed by atoms with Crippen molar-refractivity contribution in [2.24, 2.45) is 0 Å². The van der Waals surface area contributed by atoms with Gasteiger partial charge >= 0.3 is 5.71 Å². The zero-order valence-corrected chi connectivity index (χ0v) is 9.77. The molecule has 1 aliphatic heterocycles. The van der Waals surface area contributed by atoms with Gasteiger partial charge in [-0.1, -0.05) is 30.3 Å². The van der Waals surface area contributed by atoms with Gasteiger partial charge in [0, 0.05) is 19.4 Å². The normalized spacial score (nSPS) is 18.6. The lowest BCUT2D eigenvalue weighted by Gasteiger charge is -2.16. The van der Waals surface area contributed by atoms with Gasteiger partial charge in [-0.05, 0) is 0 Å². The summed E-state index contributed by atoms with van der Waals surface area (Å²) in [5.74, 6) is -0.866. The lowest BCUT2D eigenvalue weighted by atomic mass is 9.99. The summed E-state index contributed by atoms with van der Waals surface area (Å²) in [6.45, 7) is 3.31. The fraction of sp³-hybridized carbons (Fsp3) is 0.308. The summed E-state index contributed by atoms with van der Waals surface area (Å²) in [7, 11) is 0. The Hall–Kier alpha value is -1.97. The quantitative estimate of drug-likeness (QED) is 0.441. The molecule has 1 aliphatic rings. The number of Topliss-reactive ketones (excluding diaryl/α,β-unsaturated/α-hetero) is 2. The van der Waals surface area contributed by atoms with Crippen molar-refractivity contribution in [3.05, 3.63) is 41.1 Å². The Morgan fingerprint density at radius 1 is 1.29 bits per heavy atom. The highest BCUT2D eigenvalue weighted by Gasteiger charge is 2.46. The molecule has 0 spiro atoms. The molecule has 0 radical (unpaired) electrons. The number of hydroxylamine groups is 1. The Balaban J connectivity index is 2.45. The summed E-state index contributed by atoms with van der Waals surface area (Å²) in [4.78, 5) is 23.8. The van der Waals surface area contributed by atoms with E-state index in [-0.39, 0.29) is 17.9 Å². The van der Waals surface area contributed by atoms with Crippen LogP contribution < -0.4 is 0 Å². The highest BCUT2D eigenvalue weighted by atomic mass is 16.5. The fourth-order valence-electron chi connectivity index (χ4n) is 1.91. The van der Waals surface area contributed by atoms with Crippen molar-refractivity contribution in [1.82, 2.24) is 0 Å². The molecule has 1 aromatic rings. The Labute approximate surface area is 99.2 Å². The SMILES string of the molecule is CC1(C)CC(=O)C(C(=O)c2ccccc2)=[N+]1[O-]. The lowest BCUT2D eigenvalue weighted by Crippen LogP contribution is -2.31. The van der Waals surface area contributed by atoms with Crippen LogP contribution in [0, 0.1) is 5.21 Å². The Morgan fingerprint density at radius 2 is 1.88 bits per heavy atom. The van der Waals surface area contributed by atoms with Gasteiger partial charge in [0.25, 0.3) is 5.78 Å². The number of rotatable bonds is 2. The number of benzene rings is 1. The predicted octanol–water partition coefficient (Wildman–Crippen LogP) is 1.57. The van der Waals surface area contributed by atoms with Crippen LogP contribution in [0.3, 0.4) is 0 Å². The first-order valence-corrected chi connectivity index (χ1v) is 5.41.